The summed E-state index contributed by atoms with van der Waals surface area (Å²) >= 11 is 0. The molecule has 1 aliphatic rings. The highest BCUT2D eigenvalue weighted by molar-refractivity contribution is 5.81. The van der Waals surface area contributed by atoms with Crippen LogP contribution in [0.5, 0.6) is 5.75 Å². The van der Waals surface area contributed by atoms with Crippen LogP contribution in [-0.4, -0.2) is 12.3 Å². The zero-order valence-electron chi connectivity index (χ0n) is 10.3. The summed E-state index contributed by atoms with van der Waals surface area (Å²) in [6.45, 7) is 2.00. The minimum absolute atomic E-state index is 0.00398. The topological polar surface area (TPSA) is 38.3 Å². The second kappa shape index (κ2) is 5.11. The molecule has 1 aliphatic carbocycles. The quantitative estimate of drug-likeness (QED) is 0.916. The number of rotatable bonds is 4. The smallest absolute Gasteiger partial charge is 0.405 e. The number of halogens is 3. The van der Waals surface area contributed by atoms with E-state index in [9.17, 15) is 18.0 Å². The molecule has 0 aromatic heterocycles. The van der Waals surface area contributed by atoms with Crippen LogP contribution in [0.1, 0.15) is 18.9 Å². The Labute approximate surface area is 108 Å². The molecule has 0 heterocycles. The Morgan fingerprint density at radius 2 is 2.05 bits per heavy atom. The third-order valence-corrected chi connectivity index (χ3v) is 3.10. The number of hydrogen-bond acceptors (Lipinski definition) is 2. The van der Waals surface area contributed by atoms with Gasteiger partial charge in [0.1, 0.15) is 5.75 Å². The molecular formula is C13H14F3NO2. The van der Waals surface area contributed by atoms with E-state index in [0.29, 0.717) is 11.5 Å². The zero-order chi connectivity index (χ0) is 14.0. The van der Waals surface area contributed by atoms with Crippen molar-refractivity contribution in [2.24, 2.45) is 11.8 Å². The lowest BCUT2D eigenvalue weighted by Crippen LogP contribution is -2.26. The van der Waals surface area contributed by atoms with Crippen molar-refractivity contribution in [3.63, 3.8) is 0 Å². The average molecular weight is 273 g/mol. The van der Waals surface area contributed by atoms with Gasteiger partial charge < -0.3 is 10.1 Å². The van der Waals surface area contributed by atoms with E-state index in [2.05, 4.69) is 10.1 Å². The zero-order valence-corrected chi connectivity index (χ0v) is 10.3. The van der Waals surface area contributed by atoms with Gasteiger partial charge in [-0.05, 0) is 18.4 Å². The van der Waals surface area contributed by atoms with Gasteiger partial charge in [-0.2, -0.15) is 0 Å². The van der Waals surface area contributed by atoms with Gasteiger partial charge in [-0.25, -0.2) is 0 Å². The summed E-state index contributed by atoms with van der Waals surface area (Å²) in [5.74, 6) is -0.0363. The lowest BCUT2D eigenvalue weighted by atomic mass is 10.2. The van der Waals surface area contributed by atoms with Gasteiger partial charge >= 0.3 is 6.36 Å². The standard InChI is InChI=1S/C13H14F3NO2/c1-8-6-10(8)12(18)17-7-9-4-2-3-5-11(9)19-13(14,15)16/h2-5,8,10H,6-7H2,1H3,(H,17,18)/t8-,10+/m1/s1. The van der Waals surface area contributed by atoms with E-state index in [-0.39, 0.29) is 24.1 Å². The van der Waals surface area contributed by atoms with E-state index in [1.165, 1.54) is 18.2 Å². The monoisotopic (exact) mass is 273 g/mol. The molecule has 0 spiro atoms. The fraction of sp³-hybridized carbons (Fsp3) is 0.462. The van der Waals surface area contributed by atoms with Crippen LogP contribution < -0.4 is 10.1 Å². The van der Waals surface area contributed by atoms with Gasteiger partial charge in [0.2, 0.25) is 5.91 Å². The Kier molecular flexibility index (Phi) is 3.68. The number of hydrogen-bond donors (Lipinski definition) is 1. The molecule has 0 unspecified atom stereocenters. The Morgan fingerprint density at radius 3 is 2.63 bits per heavy atom. The predicted molar refractivity (Wildman–Crippen MR) is 62.2 cm³/mol. The SMILES string of the molecule is C[C@@H]1C[C@@H]1C(=O)NCc1ccccc1OC(F)(F)F. The third-order valence-electron chi connectivity index (χ3n) is 3.10. The summed E-state index contributed by atoms with van der Waals surface area (Å²) in [4.78, 5) is 11.6. The summed E-state index contributed by atoms with van der Waals surface area (Å²) in [5, 5.41) is 2.63. The maximum Gasteiger partial charge on any atom is 0.573 e. The summed E-state index contributed by atoms with van der Waals surface area (Å²) in [5.41, 5.74) is 0.307. The van der Waals surface area contributed by atoms with E-state index in [1.807, 2.05) is 6.92 Å². The Hall–Kier alpha value is -1.72. The molecule has 1 amide bonds. The maximum absolute atomic E-state index is 12.2. The lowest BCUT2D eigenvalue weighted by Gasteiger charge is -2.13. The average Bonchev–Trinajstić information content (AvgIpc) is 3.03. The number of para-hydroxylation sites is 1. The highest BCUT2D eigenvalue weighted by Crippen LogP contribution is 2.37. The molecule has 0 radical (unpaired) electrons. The van der Waals surface area contributed by atoms with Crippen molar-refractivity contribution < 1.29 is 22.7 Å². The first-order valence-corrected chi connectivity index (χ1v) is 5.98. The molecule has 0 bridgehead atoms. The van der Waals surface area contributed by atoms with Crippen LogP contribution in [0.3, 0.4) is 0 Å². The first-order valence-electron chi connectivity index (χ1n) is 5.98. The molecule has 1 aromatic carbocycles. The van der Waals surface area contributed by atoms with Gasteiger partial charge in [0.25, 0.3) is 0 Å². The maximum atomic E-state index is 12.2. The highest BCUT2D eigenvalue weighted by atomic mass is 19.4. The van der Waals surface area contributed by atoms with Crippen molar-refractivity contribution in [2.75, 3.05) is 0 Å². The van der Waals surface area contributed by atoms with Crippen molar-refractivity contribution in [3.05, 3.63) is 29.8 Å². The molecule has 1 fully saturated rings. The van der Waals surface area contributed by atoms with Crippen molar-refractivity contribution in [2.45, 2.75) is 26.3 Å². The van der Waals surface area contributed by atoms with Crippen LogP contribution in [0, 0.1) is 11.8 Å². The summed E-state index contributed by atoms with van der Waals surface area (Å²) in [6, 6.07) is 5.78. The van der Waals surface area contributed by atoms with Crippen molar-refractivity contribution in [3.8, 4) is 5.75 Å². The number of ether oxygens (including phenoxy) is 1. The van der Waals surface area contributed by atoms with Crippen LogP contribution in [0.4, 0.5) is 13.2 Å². The van der Waals surface area contributed by atoms with Gasteiger partial charge in [-0.15, -0.1) is 13.2 Å². The van der Waals surface area contributed by atoms with E-state index in [1.54, 1.807) is 6.07 Å². The largest absolute Gasteiger partial charge is 0.573 e. The highest BCUT2D eigenvalue weighted by Gasteiger charge is 2.39. The first kappa shape index (κ1) is 13.7. The summed E-state index contributed by atoms with van der Waals surface area (Å²) in [7, 11) is 0. The Bertz CT molecular complexity index is 473. The van der Waals surface area contributed by atoms with Crippen molar-refractivity contribution in [1.29, 1.82) is 0 Å². The van der Waals surface area contributed by atoms with Crippen LogP contribution in [0.25, 0.3) is 0 Å². The van der Waals surface area contributed by atoms with Crippen LogP contribution in [0.2, 0.25) is 0 Å². The first-order chi connectivity index (χ1) is 8.87. The van der Waals surface area contributed by atoms with Gasteiger partial charge in [0.15, 0.2) is 0 Å². The molecule has 0 saturated heterocycles. The van der Waals surface area contributed by atoms with Crippen molar-refractivity contribution in [1.82, 2.24) is 5.32 Å². The summed E-state index contributed by atoms with van der Waals surface area (Å²) in [6.07, 6.45) is -3.89. The number of nitrogens with one attached hydrogen (secondary N) is 1. The molecular weight excluding hydrogens is 259 g/mol. The van der Waals surface area contributed by atoms with E-state index in [4.69, 9.17) is 0 Å². The van der Waals surface area contributed by atoms with Gasteiger partial charge in [-0.3, -0.25) is 4.79 Å². The molecule has 6 heteroatoms. The van der Waals surface area contributed by atoms with Crippen LogP contribution >= 0.6 is 0 Å². The number of carbonyl (C=O) groups excluding carboxylic acids is 1. The number of alkyl halides is 3. The van der Waals surface area contributed by atoms with Crippen LogP contribution in [0.15, 0.2) is 24.3 Å². The summed E-state index contributed by atoms with van der Waals surface area (Å²) < 4.78 is 40.5. The van der Waals surface area contributed by atoms with Gasteiger partial charge in [0.05, 0.1) is 0 Å². The number of benzene rings is 1. The van der Waals surface area contributed by atoms with Gasteiger partial charge in [-0.1, -0.05) is 25.1 Å². The molecule has 0 aliphatic heterocycles. The molecule has 1 saturated carbocycles. The van der Waals surface area contributed by atoms with Crippen LogP contribution in [-0.2, 0) is 11.3 Å². The molecule has 2 rings (SSSR count). The number of carbonyl (C=O) groups is 1. The molecule has 3 nitrogen and oxygen atoms in total. The van der Waals surface area contributed by atoms with E-state index in [0.717, 1.165) is 6.42 Å². The Morgan fingerprint density at radius 1 is 1.42 bits per heavy atom. The van der Waals surface area contributed by atoms with Gasteiger partial charge in [0, 0.05) is 18.0 Å². The second-order valence-electron chi connectivity index (χ2n) is 4.69. The fourth-order valence-electron chi connectivity index (χ4n) is 1.87. The molecule has 1 N–H and O–H groups in total. The van der Waals surface area contributed by atoms with Crippen molar-refractivity contribution >= 4 is 5.91 Å². The third kappa shape index (κ3) is 3.87. The molecule has 1 aromatic rings. The Balaban J connectivity index is 1.97. The minimum atomic E-state index is -4.73. The minimum Gasteiger partial charge on any atom is -0.405 e. The van der Waals surface area contributed by atoms with E-state index >= 15 is 0 Å². The molecule has 19 heavy (non-hydrogen) atoms. The molecule has 2 atom stereocenters. The second-order valence-corrected chi connectivity index (χ2v) is 4.69. The van der Waals surface area contributed by atoms with E-state index < -0.39 is 6.36 Å². The molecule has 104 valence electrons. The number of amides is 1. The normalized spacial score (nSPS) is 21.9. The fourth-order valence-corrected chi connectivity index (χ4v) is 1.87. The predicted octanol–water partition coefficient (Wildman–Crippen LogP) is 2.86. The lowest BCUT2D eigenvalue weighted by molar-refractivity contribution is -0.274.